The molecule has 0 spiro atoms. The molecule has 0 aromatic carbocycles. The van der Waals surface area contributed by atoms with Crippen LogP contribution in [0.1, 0.15) is 5.82 Å². The average Bonchev–Trinajstić information content (AvgIpc) is 2.30. The SMILES string of the molecule is COc1cc(-c2nnc(C)nn2)ccn1. The van der Waals surface area contributed by atoms with Crippen LogP contribution in [0, 0.1) is 6.92 Å². The summed E-state index contributed by atoms with van der Waals surface area (Å²) in [5, 5.41) is 15.5. The third-order valence-electron chi connectivity index (χ3n) is 1.78. The fourth-order valence-corrected chi connectivity index (χ4v) is 1.06. The van der Waals surface area contributed by atoms with Crippen LogP contribution in [0.2, 0.25) is 0 Å². The summed E-state index contributed by atoms with van der Waals surface area (Å²) in [6.45, 7) is 1.73. The van der Waals surface area contributed by atoms with Crippen molar-refractivity contribution in [2.75, 3.05) is 7.11 Å². The Kier molecular flexibility index (Phi) is 2.49. The number of aromatic nitrogens is 5. The van der Waals surface area contributed by atoms with E-state index < -0.39 is 0 Å². The van der Waals surface area contributed by atoms with Crippen molar-refractivity contribution in [1.29, 1.82) is 0 Å². The van der Waals surface area contributed by atoms with Crippen molar-refractivity contribution in [2.24, 2.45) is 0 Å². The van der Waals surface area contributed by atoms with Crippen molar-refractivity contribution in [2.45, 2.75) is 6.92 Å². The van der Waals surface area contributed by atoms with Gasteiger partial charge in [0.25, 0.3) is 0 Å². The van der Waals surface area contributed by atoms with Crippen LogP contribution in [-0.4, -0.2) is 32.5 Å². The van der Waals surface area contributed by atoms with E-state index in [4.69, 9.17) is 4.74 Å². The summed E-state index contributed by atoms with van der Waals surface area (Å²) in [5.41, 5.74) is 0.779. The molecule has 0 aliphatic carbocycles. The van der Waals surface area contributed by atoms with Gasteiger partial charge in [0, 0.05) is 17.8 Å². The Balaban J connectivity index is 2.40. The normalized spacial score (nSPS) is 10.0. The number of nitrogens with zero attached hydrogens (tertiary/aromatic N) is 5. The number of aryl methyl sites for hydroxylation is 1. The fourth-order valence-electron chi connectivity index (χ4n) is 1.06. The second-order valence-electron chi connectivity index (χ2n) is 2.86. The van der Waals surface area contributed by atoms with Crippen molar-refractivity contribution in [3.05, 3.63) is 24.2 Å². The van der Waals surface area contributed by atoms with E-state index in [1.807, 2.05) is 0 Å². The Morgan fingerprint density at radius 2 is 1.87 bits per heavy atom. The Morgan fingerprint density at radius 3 is 2.53 bits per heavy atom. The van der Waals surface area contributed by atoms with Crippen LogP contribution in [0.15, 0.2) is 18.3 Å². The first-order chi connectivity index (χ1) is 7.29. The molecular formula is C9H9N5O. The second kappa shape index (κ2) is 3.95. The van der Waals surface area contributed by atoms with Gasteiger partial charge in [-0.05, 0) is 13.0 Å². The fraction of sp³-hybridized carbons (Fsp3) is 0.222. The lowest BCUT2D eigenvalue weighted by molar-refractivity contribution is 0.398. The van der Waals surface area contributed by atoms with Crippen molar-refractivity contribution in [3.63, 3.8) is 0 Å². The number of methoxy groups -OCH3 is 1. The van der Waals surface area contributed by atoms with Crippen LogP contribution in [0.4, 0.5) is 0 Å². The van der Waals surface area contributed by atoms with Crippen molar-refractivity contribution < 1.29 is 4.74 Å². The van der Waals surface area contributed by atoms with Crippen LogP contribution >= 0.6 is 0 Å². The molecular weight excluding hydrogens is 194 g/mol. The molecule has 2 heterocycles. The highest BCUT2D eigenvalue weighted by Crippen LogP contribution is 2.16. The molecule has 0 atom stereocenters. The zero-order valence-corrected chi connectivity index (χ0v) is 8.38. The minimum Gasteiger partial charge on any atom is -0.481 e. The molecule has 2 aromatic heterocycles. The van der Waals surface area contributed by atoms with E-state index in [2.05, 4.69) is 25.4 Å². The summed E-state index contributed by atoms with van der Waals surface area (Å²) in [6.07, 6.45) is 1.62. The lowest BCUT2D eigenvalue weighted by atomic mass is 10.2. The van der Waals surface area contributed by atoms with Gasteiger partial charge in [-0.1, -0.05) is 0 Å². The zero-order valence-electron chi connectivity index (χ0n) is 8.38. The molecule has 0 fully saturated rings. The molecule has 0 aliphatic heterocycles. The van der Waals surface area contributed by atoms with E-state index in [1.54, 1.807) is 32.4 Å². The quantitative estimate of drug-likeness (QED) is 0.713. The predicted octanol–water partition coefficient (Wildman–Crippen LogP) is 0.646. The van der Waals surface area contributed by atoms with Crippen molar-refractivity contribution in [3.8, 4) is 17.3 Å². The lowest BCUT2D eigenvalue weighted by Gasteiger charge is -2.00. The van der Waals surface area contributed by atoms with Gasteiger partial charge in [-0.25, -0.2) is 4.98 Å². The van der Waals surface area contributed by atoms with Crippen LogP contribution in [0.25, 0.3) is 11.4 Å². The summed E-state index contributed by atoms with van der Waals surface area (Å²) >= 11 is 0. The summed E-state index contributed by atoms with van der Waals surface area (Å²) in [5.74, 6) is 1.51. The van der Waals surface area contributed by atoms with Gasteiger partial charge >= 0.3 is 0 Å². The maximum atomic E-state index is 4.99. The van der Waals surface area contributed by atoms with Gasteiger partial charge in [-0.2, -0.15) is 0 Å². The molecule has 6 nitrogen and oxygen atoms in total. The molecule has 2 aromatic rings. The predicted molar refractivity (Wildman–Crippen MR) is 52.1 cm³/mol. The largest absolute Gasteiger partial charge is 0.481 e. The Hall–Kier alpha value is -2.11. The number of pyridine rings is 1. The van der Waals surface area contributed by atoms with Gasteiger partial charge in [-0.3, -0.25) is 0 Å². The third-order valence-corrected chi connectivity index (χ3v) is 1.78. The van der Waals surface area contributed by atoms with E-state index in [-0.39, 0.29) is 0 Å². The van der Waals surface area contributed by atoms with E-state index in [9.17, 15) is 0 Å². The number of hydrogen-bond acceptors (Lipinski definition) is 6. The van der Waals surface area contributed by atoms with Gasteiger partial charge < -0.3 is 4.74 Å². The van der Waals surface area contributed by atoms with E-state index in [1.165, 1.54) is 0 Å². The first-order valence-electron chi connectivity index (χ1n) is 4.34. The molecule has 0 saturated carbocycles. The maximum absolute atomic E-state index is 4.99. The van der Waals surface area contributed by atoms with Gasteiger partial charge in [-0.15, -0.1) is 20.4 Å². The van der Waals surface area contributed by atoms with E-state index in [0.29, 0.717) is 17.5 Å². The molecule has 0 aliphatic rings. The average molecular weight is 203 g/mol. The first-order valence-corrected chi connectivity index (χ1v) is 4.34. The smallest absolute Gasteiger partial charge is 0.213 e. The van der Waals surface area contributed by atoms with Crippen molar-refractivity contribution >= 4 is 0 Å². The topological polar surface area (TPSA) is 73.7 Å². The highest BCUT2D eigenvalue weighted by atomic mass is 16.5. The zero-order chi connectivity index (χ0) is 10.7. The van der Waals surface area contributed by atoms with Gasteiger partial charge in [0.2, 0.25) is 11.7 Å². The highest BCUT2D eigenvalue weighted by molar-refractivity contribution is 5.54. The van der Waals surface area contributed by atoms with Crippen LogP contribution < -0.4 is 4.74 Å². The minimum absolute atomic E-state index is 0.460. The Bertz CT molecular complexity index is 456. The molecule has 0 amide bonds. The molecule has 0 radical (unpaired) electrons. The number of ether oxygens (including phenoxy) is 1. The maximum Gasteiger partial charge on any atom is 0.213 e. The first kappa shape index (κ1) is 9.45. The number of hydrogen-bond donors (Lipinski definition) is 0. The Morgan fingerprint density at radius 1 is 1.13 bits per heavy atom. The third kappa shape index (κ3) is 2.04. The lowest BCUT2D eigenvalue weighted by Crippen LogP contribution is -1.99. The molecule has 0 bridgehead atoms. The monoisotopic (exact) mass is 203 g/mol. The molecule has 15 heavy (non-hydrogen) atoms. The number of rotatable bonds is 2. The highest BCUT2D eigenvalue weighted by Gasteiger charge is 2.04. The van der Waals surface area contributed by atoms with E-state index >= 15 is 0 Å². The summed E-state index contributed by atoms with van der Waals surface area (Å²) in [6, 6.07) is 3.50. The van der Waals surface area contributed by atoms with Crippen LogP contribution in [0.5, 0.6) is 5.88 Å². The van der Waals surface area contributed by atoms with Gasteiger partial charge in [0.1, 0.15) is 0 Å². The van der Waals surface area contributed by atoms with Gasteiger partial charge in [0.05, 0.1) is 7.11 Å². The van der Waals surface area contributed by atoms with Crippen molar-refractivity contribution in [1.82, 2.24) is 25.4 Å². The molecule has 0 unspecified atom stereocenters. The molecule has 76 valence electrons. The van der Waals surface area contributed by atoms with E-state index in [0.717, 1.165) is 5.56 Å². The van der Waals surface area contributed by atoms with Gasteiger partial charge in [0.15, 0.2) is 5.82 Å². The molecule has 0 saturated heterocycles. The summed E-state index contributed by atoms with van der Waals surface area (Å²) < 4.78 is 4.99. The van der Waals surface area contributed by atoms with Crippen LogP contribution in [0.3, 0.4) is 0 Å². The molecule has 2 rings (SSSR count). The summed E-state index contributed by atoms with van der Waals surface area (Å²) in [4.78, 5) is 3.98. The Labute approximate surface area is 86.4 Å². The molecule has 6 heteroatoms. The summed E-state index contributed by atoms with van der Waals surface area (Å²) in [7, 11) is 1.55. The minimum atomic E-state index is 0.460. The molecule has 0 N–H and O–H groups in total. The standard InChI is InChI=1S/C9H9N5O/c1-6-11-13-9(14-12-6)7-3-4-10-8(5-7)15-2/h3-5H,1-2H3. The second-order valence-corrected chi connectivity index (χ2v) is 2.86. The van der Waals surface area contributed by atoms with Crippen LogP contribution in [-0.2, 0) is 0 Å².